The molecule has 0 aliphatic carbocycles. The second-order valence-electron chi connectivity index (χ2n) is 6.97. The SMILES string of the molecule is CC(=O)N1CC[C@H](Nc2nc(Cl)nc3c2SCC3)C1.Clc1nc(Cl)c2c(n1)CCS2. The molecule has 0 radical (unpaired) electrons. The van der Waals surface area contributed by atoms with Crippen molar-refractivity contribution in [1.29, 1.82) is 0 Å². The Bertz CT molecular complexity index is 979. The van der Waals surface area contributed by atoms with E-state index in [9.17, 15) is 4.79 Å². The van der Waals surface area contributed by atoms with Crippen LogP contribution < -0.4 is 5.32 Å². The number of thioether (sulfide) groups is 2. The van der Waals surface area contributed by atoms with Crippen LogP contribution in [0.3, 0.4) is 0 Å². The Kier molecular flexibility index (Phi) is 7.14. The molecule has 1 fully saturated rings. The second-order valence-corrected chi connectivity index (χ2v) is 10.2. The van der Waals surface area contributed by atoms with Crippen molar-refractivity contribution in [2.24, 2.45) is 0 Å². The van der Waals surface area contributed by atoms with Crippen molar-refractivity contribution in [3.05, 3.63) is 27.1 Å². The molecule has 0 unspecified atom stereocenters. The number of amides is 1. The number of rotatable bonds is 2. The predicted molar refractivity (Wildman–Crippen MR) is 122 cm³/mol. The van der Waals surface area contributed by atoms with Crippen LogP contribution in [-0.2, 0) is 17.6 Å². The molecule has 5 rings (SSSR count). The summed E-state index contributed by atoms with van der Waals surface area (Å²) in [4.78, 5) is 31.8. The standard InChI is InChI=1S/C12H15ClN4OS.C6H4Cl2N2S/c1-7(18)17-4-2-8(6-17)14-11-10-9(3-5-19-10)15-12(13)16-11;7-5-4-3(1-2-11-4)9-6(8)10-5/h8H,2-6H2,1H3,(H,14,15,16);1-2H2/t8-;/m0./s1. The lowest BCUT2D eigenvalue weighted by molar-refractivity contribution is -0.127. The van der Waals surface area contributed by atoms with Crippen molar-refractivity contribution in [3.63, 3.8) is 0 Å². The molecule has 0 spiro atoms. The van der Waals surface area contributed by atoms with Crippen molar-refractivity contribution in [3.8, 4) is 0 Å². The Hall–Kier alpha value is -1.000. The number of hydrogen-bond donors (Lipinski definition) is 1. The van der Waals surface area contributed by atoms with Gasteiger partial charge in [-0.1, -0.05) is 11.6 Å². The van der Waals surface area contributed by atoms with E-state index in [1.807, 2.05) is 4.90 Å². The molecule has 1 N–H and O–H groups in total. The number of carbonyl (C=O) groups excluding carboxylic acids is 1. The summed E-state index contributed by atoms with van der Waals surface area (Å²) in [6.45, 7) is 3.15. The normalized spacial score (nSPS) is 19.2. The molecule has 12 heteroatoms. The minimum Gasteiger partial charge on any atom is -0.364 e. The Labute approximate surface area is 198 Å². The van der Waals surface area contributed by atoms with Gasteiger partial charge in [-0.2, -0.15) is 4.98 Å². The van der Waals surface area contributed by atoms with Gasteiger partial charge in [0.1, 0.15) is 11.0 Å². The lowest BCUT2D eigenvalue weighted by atomic mass is 10.2. The average molecular weight is 506 g/mol. The minimum atomic E-state index is 0.129. The minimum absolute atomic E-state index is 0.129. The van der Waals surface area contributed by atoms with Crippen molar-refractivity contribution >= 4 is 70.1 Å². The summed E-state index contributed by atoms with van der Waals surface area (Å²) in [5, 5.41) is 4.45. The van der Waals surface area contributed by atoms with Crippen molar-refractivity contribution in [2.75, 3.05) is 29.9 Å². The largest absolute Gasteiger partial charge is 0.364 e. The Balaban J connectivity index is 0.000000168. The van der Waals surface area contributed by atoms with E-state index in [2.05, 4.69) is 25.3 Å². The highest BCUT2D eigenvalue weighted by atomic mass is 35.5. The van der Waals surface area contributed by atoms with Crippen LogP contribution in [0.25, 0.3) is 0 Å². The van der Waals surface area contributed by atoms with Gasteiger partial charge in [-0.15, -0.1) is 23.5 Å². The summed E-state index contributed by atoms with van der Waals surface area (Å²) in [6, 6.07) is 0.250. The van der Waals surface area contributed by atoms with E-state index < -0.39 is 0 Å². The van der Waals surface area contributed by atoms with Gasteiger partial charge in [0.2, 0.25) is 16.5 Å². The van der Waals surface area contributed by atoms with Gasteiger partial charge in [-0.25, -0.2) is 15.0 Å². The first kappa shape index (κ1) is 22.2. The number of carbonyl (C=O) groups is 1. The predicted octanol–water partition coefficient (Wildman–Crippen LogP) is 4.24. The third kappa shape index (κ3) is 5.07. The van der Waals surface area contributed by atoms with Crippen LogP contribution in [-0.4, -0.2) is 61.4 Å². The smallest absolute Gasteiger partial charge is 0.224 e. The van der Waals surface area contributed by atoms with Crippen LogP contribution >= 0.6 is 58.3 Å². The lowest BCUT2D eigenvalue weighted by Gasteiger charge is -2.17. The van der Waals surface area contributed by atoms with Gasteiger partial charge in [0.15, 0.2) is 0 Å². The van der Waals surface area contributed by atoms with Gasteiger partial charge in [0.25, 0.3) is 0 Å². The quantitative estimate of drug-likeness (QED) is 0.479. The fraction of sp³-hybridized carbons (Fsp3) is 0.500. The fourth-order valence-corrected chi connectivity index (χ4v) is 6.30. The highest BCUT2D eigenvalue weighted by Gasteiger charge is 2.27. The molecule has 3 aliphatic rings. The van der Waals surface area contributed by atoms with Crippen molar-refractivity contribution < 1.29 is 4.79 Å². The Morgan fingerprint density at radius 1 is 1.00 bits per heavy atom. The molecule has 7 nitrogen and oxygen atoms in total. The third-order valence-electron chi connectivity index (χ3n) is 4.92. The zero-order valence-electron chi connectivity index (χ0n) is 16.1. The Morgan fingerprint density at radius 3 is 2.30 bits per heavy atom. The summed E-state index contributed by atoms with van der Waals surface area (Å²) in [6.07, 6.45) is 2.84. The van der Waals surface area contributed by atoms with E-state index in [1.54, 1.807) is 30.4 Å². The maximum Gasteiger partial charge on any atom is 0.224 e. The van der Waals surface area contributed by atoms with E-state index in [-0.39, 0.29) is 17.2 Å². The summed E-state index contributed by atoms with van der Waals surface area (Å²) in [5.74, 6) is 3.02. The third-order valence-corrected chi connectivity index (χ3v) is 7.90. The molecule has 5 heterocycles. The number of fused-ring (bicyclic) bond motifs is 2. The Morgan fingerprint density at radius 2 is 1.63 bits per heavy atom. The molecule has 2 aromatic heterocycles. The monoisotopic (exact) mass is 504 g/mol. The van der Waals surface area contributed by atoms with Crippen molar-refractivity contribution in [1.82, 2.24) is 24.8 Å². The van der Waals surface area contributed by atoms with E-state index in [4.69, 9.17) is 34.8 Å². The molecule has 30 heavy (non-hydrogen) atoms. The molecular formula is C18H19Cl3N6OS2. The lowest BCUT2D eigenvalue weighted by Crippen LogP contribution is -2.30. The number of nitrogens with zero attached hydrogens (tertiary/aromatic N) is 5. The van der Waals surface area contributed by atoms with E-state index in [0.29, 0.717) is 10.4 Å². The first-order valence-corrected chi connectivity index (χ1v) is 12.6. The molecule has 0 aromatic carbocycles. The van der Waals surface area contributed by atoms with Crippen LogP contribution in [0.15, 0.2) is 9.79 Å². The number of anilines is 1. The van der Waals surface area contributed by atoms with Gasteiger partial charge in [0, 0.05) is 50.4 Å². The zero-order valence-corrected chi connectivity index (χ0v) is 20.0. The molecule has 1 saturated heterocycles. The van der Waals surface area contributed by atoms with Crippen molar-refractivity contribution in [2.45, 2.75) is 42.0 Å². The number of aromatic nitrogens is 4. The van der Waals surface area contributed by atoms with Gasteiger partial charge in [0.05, 0.1) is 21.2 Å². The van der Waals surface area contributed by atoms with E-state index >= 15 is 0 Å². The van der Waals surface area contributed by atoms with Gasteiger partial charge < -0.3 is 10.2 Å². The topological polar surface area (TPSA) is 83.9 Å². The molecule has 160 valence electrons. The average Bonchev–Trinajstić information content (AvgIpc) is 3.41. The summed E-state index contributed by atoms with van der Waals surface area (Å²) >= 11 is 20.8. The number of aryl methyl sites for hydroxylation is 2. The summed E-state index contributed by atoms with van der Waals surface area (Å²) < 4.78 is 0. The highest BCUT2D eigenvalue weighted by molar-refractivity contribution is 8.00. The van der Waals surface area contributed by atoms with Crippen LogP contribution in [0.4, 0.5) is 5.82 Å². The molecule has 1 amide bonds. The fourth-order valence-electron chi connectivity index (χ4n) is 3.49. The van der Waals surface area contributed by atoms with E-state index in [1.165, 1.54) is 0 Å². The molecule has 2 aromatic rings. The molecule has 0 saturated carbocycles. The zero-order chi connectivity index (χ0) is 21.3. The molecular weight excluding hydrogens is 487 g/mol. The maximum absolute atomic E-state index is 11.3. The maximum atomic E-state index is 11.3. The highest BCUT2D eigenvalue weighted by Crippen LogP contribution is 2.37. The van der Waals surface area contributed by atoms with Gasteiger partial charge in [-0.05, 0) is 29.6 Å². The summed E-state index contributed by atoms with van der Waals surface area (Å²) in [7, 11) is 0. The number of halogens is 3. The molecule has 3 aliphatic heterocycles. The van der Waals surface area contributed by atoms with E-state index in [0.717, 1.165) is 70.9 Å². The first-order chi connectivity index (χ1) is 14.4. The second kappa shape index (κ2) is 9.65. The van der Waals surface area contributed by atoms with Crippen LogP contribution in [0.2, 0.25) is 15.7 Å². The summed E-state index contributed by atoms with van der Waals surface area (Å²) in [5.41, 5.74) is 2.02. The van der Waals surface area contributed by atoms with Gasteiger partial charge >= 0.3 is 0 Å². The molecule has 1 atom stereocenters. The van der Waals surface area contributed by atoms with Gasteiger partial charge in [-0.3, -0.25) is 4.79 Å². The number of likely N-dealkylation sites (tertiary alicyclic amines) is 1. The number of nitrogens with one attached hydrogen (secondary N) is 1. The first-order valence-electron chi connectivity index (χ1n) is 9.46. The van der Waals surface area contributed by atoms with Crippen LogP contribution in [0, 0.1) is 0 Å². The molecule has 0 bridgehead atoms. The van der Waals surface area contributed by atoms with Crippen LogP contribution in [0.1, 0.15) is 24.7 Å². The van der Waals surface area contributed by atoms with Crippen LogP contribution in [0.5, 0.6) is 0 Å². The number of hydrogen-bond acceptors (Lipinski definition) is 8.